The molecule has 2 aliphatic heterocycles. The molecule has 0 aliphatic carbocycles. The van der Waals surface area contributed by atoms with E-state index in [4.69, 9.17) is 21.7 Å². The molecule has 1 atom stereocenters. The summed E-state index contributed by atoms with van der Waals surface area (Å²) in [6, 6.07) is 4.43. The SMILES string of the molecule is CCCCOC(=S)N1CCN(c2ccc(N3C[C@H](CNC(=O)C(F)F)OC3=O)cc2F)CC1. The Balaban J connectivity index is 1.54. The molecule has 2 amide bonds. The van der Waals surface area contributed by atoms with Gasteiger partial charge < -0.3 is 24.6 Å². The number of thiocarbonyl (C=S) groups is 1. The molecule has 33 heavy (non-hydrogen) atoms. The second kappa shape index (κ2) is 11.4. The first-order valence-electron chi connectivity index (χ1n) is 10.8. The first-order chi connectivity index (χ1) is 15.8. The van der Waals surface area contributed by atoms with Gasteiger partial charge in [-0.2, -0.15) is 8.78 Å². The molecule has 0 spiro atoms. The summed E-state index contributed by atoms with van der Waals surface area (Å²) in [4.78, 5) is 28.2. The molecular weight excluding hydrogens is 461 g/mol. The van der Waals surface area contributed by atoms with Crippen LogP contribution < -0.4 is 15.1 Å². The number of ether oxygens (including phenoxy) is 2. The second-order valence-electron chi connectivity index (χ2n) is 7.74. The van der Waals surface area contributed by atoms with Gasteiger partial charge in [0.1, 0.15) is 11.9 Å². The summed E-state index contributed by atoms with van der Waals surface area (Å²) < 4.78 is 50.1. The predicted octanol–water partition coefficient (Wildman–Crippen LogP) is 2.76. The molecule has 0 bridgehead atoms. The largest absolute Gasteiger partial charge is 0.471 e. The molecule has 0 radical (unpaired) electrons. The standard InChI is InChI=1S/C21H27F3N4O4S/c1-2-3-10-31-21(33)27-8-6-26(7-9-27)17-5-4-14(11-16(17)22)28-13-15(32-20(28)30)12-25-19(29)18(23)24/h4-5,11,15,18H,2-3,6-10,12-13H2,1H3,(H,25,29)/t15-/m0/s1. The normalized spacial score (nSPS) is 18.5. The first-order valence-corrected chi connectivity index (χ1v) is 11.2. The van der Waals surface area contributed by atoms with Gasteiger partial charge in [0.05, 0.1) is 31.1 Å². The van der Waals surface area contributed by atoms with Crippen LogP contribution in [-0.2, 0) is 14.3 Å². The van der Waals surface area contributed by atoms with Crippen molar-refractivity contribution < 1.29 is 32.2 Å². The number of benzene rings is 1. The Morgan fingerprint density at radius 3 is 2.67 bits per heavy atom. The highest BCUT2D eigenvalue weighted by Crippen LogP contribution is 2.28. The maximum atomic E-state index is 14.9. The van der Waals surface area contributed by atoms with Gasteiger partial charge in [-0.1, -0.05) is 13.3 Å². The van der Waals surface area contributed by atoms with E-state index >= 15 is 0 Å². The number of unbranched alkanes of at least 4 members (excludes halogenated alkanes) is 1. The molecular formula is C21H27F3N4O4S. The van der Waals surface area contributed by atoms with Gasteiger partial charge >= 0.3 is 12.5 Å². The molecule has 2 saturated heterocycles. The molecule has 12 heteroatoms. The number of nitrogens with zero attached hydrogens (tertiary/aromatic N) is 3. The topological polar surface area (TPSA) is 74.3 Å². The van der Waals surface area contributed by atoms with Crippen molar-refractivity contribution in [1.29, 1.82) is 0 Å². The molecule has 1 aromatic carbocycles. The minimum absolute atomic E-state index is 0.00921. The number of hydrogen-bond donors (Lipinski definition) is 1. The molecule has 0 saturated carbocycles. The van der Waals surface area contributed by atoms with Crippen molar-refractivity contribution in [2.24, 2.45) is 0 Å². The highest BCUT2D eigenvalue weighted by molar-refractivity contribution is 7.80. The lowest BCUT2D eigenvalue weighted by atomic mass is 10.2. The molecule has 2 fully saturated rings. The van der Waals surface area contributed by atoms with E-state index < -0.39 is 30.3 Å². The van der Waals surface area contributed by atoms with Crippen LogP contribution >= 0.6 is 12.2 Å². The number of piperazine rings is 1. The van der Waals surface area contributed by atoms with E-state index in [9.17, 15) is 22.8 Å². The van der Waals surface area contributed by atoms with Crippen LogP contribution in [0.2, 0.25) is 0 Å². The third-order valence-corrected chi connectivity index (χ3v) is 5.80. The van der Waals surface area contributed by atoms with Crippen molar-refractivity contribution in [3.63, 3.8) is 0 Å². The van der Waals surface area contributed by atoms with Gasteiger partial charge in [0, 0.05) is 26.2 Å². The van der Waals surface area contributed by atoms with Gasteiger partial charge in [0.25, 0.3) is 11.1 Å². The third-order valence-electron chi connectivity index (χ3n) is 5.42. The molecule has 0 aromatic heterocycles. The Kier molecular flexibility index (Phi) is 8.59. The van der Waals surface area contributed by atoms with Crippen molar-refractivity contribution in [3.05, 3.63) is 24.0 Å². The quantitative estimate of drug-likeness (QED) is 0.446. The Labute approximate surface area is 195 Å². The molecule has 0 unspecified atom stereocenters. The molecule has 182 valence electrons. The third kappa shape index (κ3) is 6.40. The average molecular weight is 489 g/mol. The fourth-order valence-electron chi connectivity index (χ4n) is 3.58. The smallest absolute Gasteiger partial charge is 0.414 e. The van der Waals surface area contributed by atoms with Crippen LogP contribution in [0, 0.1) is 5.82 Å². The van der Waals surface area contributed by atoms with Crippen LogP contribution in [0.15, 0.2) is 18.2 Å². The van der Waals surface area contributed by atoms with E-state index in [2.05, 4.69) is 6.92 Å². The van der Waals surface area contributed by atoms with Crippen molar-refractivity contribution in [1.82, 2.24) is 10.2 Å². The summed E-state index contributed by atoms with van der Waals surface area (Å²) in [6.07, 6.45) is -2.72. The fraction of sp³-hybridized carbons (Fsp3) is 0.571. The number of nitrogens with one attached hydrogen (secondary N) is 1. The zero-order valence-corrected chi connectivity index (χ0v) is 19.1. The molecule has 3 rings (SSSR count). The van der Waals surface area contributed by atoms with Gasteiger partial charge in [-0.15, -0.1) is 0 Å². The lowest BCUT2D eigenvalue weighted by Gasteiger charge is -2.37. The minimum Gasteiger partial charge on any atom is -0.471 e. The number of alkyl halides is 2. The molecule has 1 N–H and O–H groups in total. The summed E-state index contributed by atoms with van der Waals surface area (Å²) in [6.45, 7) is 4.76. The number of anilines is 2. The van der Waals surface area contributed by atoms with E-state index in [0.717, 1.165) is 12.8 Å². The van der Waals surface area contributed by atoms with Crippen LogP contribution in [0.4, 0.5) is 29.3 Å². The highest BCUT2D eigenvalue weighted by atomic mass is 32.1. The first kappa shape index (κ1) is 24.9. The zero-order valence-electron chi connectivity index (χ0n) is 18.3. The number of carbonyl (C=O) groups excluding carboxylic acids is 2. The predicted molar refractivity (Wildman–Crippen MR) is 120 cm³/mol. The Morgan fingerprint density at radius 1 is 1.30 bits per heavy atom. The molecule has 2 aliphatic rings. The number of hydrogen-bond acceptors (Lipinski definition) is 6. The Hall–Kier alpha value is -2.76. The van der Waals surface area contributed by atoms with E-state index in [0.29, 0.717) is 43.6 Å². The van der Waals surface area contributed by atoms with Crippen LogP contribution in [0.3, 0.4) is 0 Å². The van der Waals surface area contributed by atoms with E-state index in [-0.39, 0.29) is 18.8 Å². The van der Waals surface area contributed by atoms with E-state index in [1.54, 1.807) is 12.1 Å². The number of carbonyl (C=O) groups is 2. The lowest BCUT2D eigenvalue weighted by Crippen LogP contribution is -2.49. The van der Waals surface area contributed by atoms with Crippen LogP contribution in [0.5, 0.6) is 0 Å². The Bertz CT molecular complexity index is 868. The van der Waals surface area contributed by atoms with E-state index in [1.165, 1.54) is 11.0 Å². The maximum Gasteiger partial charge on any atom is 0.414 e. The van der Waals surface area contributed by atoms with Crippen molar-refractivity contribution in [3.8, 4) is 0 Å². The molecule has 8 nitrogen and oxygen atoms in total. The number of halogens is 3. The van der Waals surface area contributed by atoms with E-state index in [1.807, 2.05) is 15.1 Å². The van der Waals surface area contributed by atoms with Crippen molar-refractivity contribution in [2.75, 3.05) is 55.7 Å². The van der Waals surface area contributed by atoms with Gasteiger partial charge in [-0.05, 0) is 36.8 Å². The van der Waals surface area contributed by atoms with Gasteiger partial charge in [0.15, 0.2) is 0 Å². The van der Waals surface area contributed by atoms with Crippen LogP contribution in [0.1, 0.15) is 19.8 Å². The summed E-state index contributed by atoms with van der Waals surface area (Å²) in [5.41, 5.74) is 0.692. The summed E-state index contributed by atoms with van der Waals surface area (Å²) >= 11 is 5.31. The highest BCUT2D eigenvalue weighted by Gasteiger charge is 2.33. The number of rotatable bonds is 8. The molecule has 1 aromatic rings. The summed E-state index contributed by atoms with van der Waals surface area (Å²) in [5, 5.41) is 2.47. The van der Waals surface area contributed by atoms with Crippen molar-refractivity contribution >= 4 is 40.8 Å². The number of amides is 2. The Morgan fingerprint density at radius 2 is 2.03 bits per heavy atom. The van der Waals surface area contributed by atoms with Crippen LogP contribution in [-0.4, -0.2) is 80.5 Å². The fourth-order valence-corrected chi connectivity index (χ4v) is 3.84. The average Bonchev–Trinajstić information content (AvgIpc) is 3.18. The number of cyclic esters (lactones) is 1. The van der Waals surface area contributed by atoms with Gasteiger partial charge in [0.2, 0.25) is 0 Å². The van der Waals surface area contributed by atoms with Gasteiger partial charge in [-0.25, -0.2) is 9.18 Å². The summed E-state index contributed by atoms with van der Waals surface area (Å²) in [5.74, 6) is -1.93. The van der Waals surface area contributed by atoms with Crippen molar-refractivity contribution in [2.45, 2.75) is 32.3 Å². The van der Waals surface area contributed by atoms with Gasteiger partial charge in [-0.3, -0.25) is 9.69 Å². The molecule has 2 heterocycles. The van der Waals surface area contributed by atoms with Crippen LogP contribution in [0.25, 0.3) is 0 Å². The second-order valence-corrected chi connectivity index (χ2v) is 8.09. The zero-order chi connectivity index (χ0) is 24.0. The summed E-state index contributed by atoms with van der Waals surface area (Å²) in [7, 11) is 0. The minimum atomic E-state index is -3.15. The maximum absolute atomic E-state index is 14.9. The lowest BCUT2D eigenvalue weighted by molar-refractivity contribution is -0.132. The monoisotopic (exact) mass is 488 g/mol.